The van der Waals surface area contributed by atoms with E-state index < -0.39 is 6.16 Å². The van der Waals surface area contributed by atoms with E-state index >= 15 is 0 Å². The molecule has 0 aliphatic heterocycles. The van der Waals surface area contributed by atoms with E-state index in [0.29, 0.717) is 5.75 Å². The monoisotopic (exact) mass is 206 g/mol. The van der Waals surface area contributed by atoms with Gasteiger partial charge in [-0.2, -0.15) is 0 Å². The largest absolute Gasteiger partial charge is 0.511 e. The fraction of sp³-hybridized carbons (Fsp3) is 0.182. The minimum absolute atomic E-state index is 0.305. The van der Waals surface area contributed by atoms with Gasteiger partial charge in [0.15, 0.2) is 0 Å². The van der Waals surface area contributed by atoms with E-state index in [1.54, 1.807) is 18.2 Å². The van der Waals surface area contributed by atoms with Crippen LogP contribution < -0.4 is 4.74 Å². The molecule has 0 saturated carbocycles. The van der Waals surface area contributed by atoms with Crippen LogP contribution in [0.15, 0.2) is 22.6 Å². The molecule has 0 spiro atoms. The van der Waals surface area contributed by atoms with Gasteiger partial charge in [0.1, 0.15) is 17.1 Å². The molecule has 4 nitrogen and oxygen atoms in total. The summed E-state index contributed by atoms with van der Waals surface area (Å²) in [5.41, 5.74) is 1.74. The molecular formula is C11H10O4. The number of hydrogen-bond donors (Lipinski definition) is 1. The van der Waals surface area contributed by atoms with Crippen molar-refractivity contribution in [1.29, 1.82) is 0 Å². The lowest BCUT2D eigenvalue weighted by Crippen LogP contribution is -2.02. The number of ether oxygens (including phenoxy) is 1. The molecule has 2 rings (SSSR count). The van der Waals surface area contributed by atoms with Gasteiger partial charge in [0.25, 0.3) is 0 Å². The van der Waals surface area contributed by atoms with Crippen molar-refractivity contribution in [3.63, 3.8) is 0 Å². The van der Waals surface area contributed by atoms with Crippen molar-refractivity contribution < 1.29 is 19.1 Å². The Bertz CT molecular complexity index is 525. The Kier molecular flexibility index (Phi) is 2.11. The summed E-state index contributed by atoms with van der Waals surface area (Å²) in [7, 11) is 0. The second-order valence-corrected chi connectivity index (χ2v) is 3.31. The van der Waals surface area contributed by atoms with Crippen LogP contribution in [0.25, 0.3) is 11.0 Å². The first-order valence-electron chi connectivity index (χ1n) is 4.48. The Balaban J connectivity index is 2.54. The number of benzene rings is 1. The lowest BCUT2D eigenvalue weighted by Gasteiger charge is -1.98. The zero-order chi connectivity index (χ0) is 11.0. The maximum Gasteiger partial charge on any atom is 0.511 e. The van der Waals surface area contributed by atoms with Crippen molar-refractivity contribution >= 4 is 17.1 Å². The van der Waals surface area contributed by atoms with Crippen LogP contribution in [0.1, 0.15) is 11.3 Å². The van der Waals surface area contributed by atoms with Crippen molar-refractivity contribution in [1.82, 2.24) is 0 Å². The van der Waals surface area contributed by atoms with Crippen LogP contribution in [0.4, 0.5) is 4.79 Å². The predicted molar refractivity (Wildman–Crippen MR) is 54.3 cm³/mol. The Morgan fingerprint density at radius 1 is 1.40 bits per heavy atom. The number of rotatable bonds is 1. The highest BCUT2D eigenvalue weighted by Crippen LogP contribution is 2.28. The molecule has 2 aromatic rings. The normalized spacial score (nSPS) is 10.5. The summed E-state index contributed by atoms with van der Waals surface area (Å²) in [5, 5.41) is 9.35. The van der Waals surface area contributed by atoms with E-state index in [1.807, 2.05) is 13.8 Å². The summed E-state index contributed by atoms with van der Waals surface area (Å²) in [4.78, 5) is 10.3. The number of furan rings is 1. The highest BCUT2D eigenvalue weighted by atomic mass is 16.7. The molecule has 0 aliphatic rings. The lowest BCUT2D eigenvalue weighted by atomic mass is 10.1. The van der Waals surface area contributed by atoms with Gasteiger partial charge in [0.05, 0.1) is 0 Å². The molecule has 0 saturated heterocycles. The summed E-state index contributed by atoms with van der Waals surface area (Å²) in [6, 6.07) is 4.93. The van der Waals surface area contributed by atoms with Crippen LogP contribution in [-0.4, -0.2) is 11.3 Å². The van der Waals surface area contributed by atoms with Gasteiger partial charge >= 0.3 is 6.16 Å². The average molecular weight is 206 g/mol. The summed E-state index contributed by atoms with van der Waals surface area (Å²) in [6.45, 7) is 3.79. The second kappa shape index (κ2) is 3.31. The molecular weight excluding hydrogens is 196 g/mol. The maximum atomic E-state index is 10.3. The van der Waals surface area contributed by atoms with Crippen LogP contribution in [0.5, 0.6) is 5.75 Å². The molecule has 4 heteroatoms. The first-order valence-corrected chi connectivity index (χ1v) is 4.48. The maximum absolute atomic E-state index is 10.3. The Hall–Kier alpha value is -1.97. The van der Waals surface area contributed by atoms with Crippen molar-refractivity contribution in [2.24, 2.45) is 0 Å². The summed E-state index contributed by atoms with van der Waals surface area (Å²) >= 11 is 0. The number of carboxylic acid groups (broad SMARTS) is 1. The molecule has 0 aliphatic carbocycles. The van der Waals surface area contributed by atoms with E-state index in [4.69, 9.17) is 9.52 Å². The molecule has 1 aromatic carbocycles. The first-order chi connectivity index (χ1) is 7.08. The zero-order valence-corrected chi connectivity index (χ0v) is 8.40. The molecule has 0 atom stereocenters. The molecule has 0 fully saturated rings. The van der Waals surface area contributed by atoms with Crippen molar-refractivity contribution in [2.45, 2.75) is 13.8 Å². The first kappa shape index (κ1) is 9.58. The van der Waals surface area contributed by atoms with Crippen molar-refractivity contribution in [2.75, 3.05) is 0 Å². The van der Waals surface area contributed by atoms with Gasteiger partial charge in [-0.25, -0.2) is 4.79 Å². The standard InChI is InChI=1S/C11H10O4/c1-6-7(2)14-10-4-3-8(5-9(6)10)15-11(12)13/h3-5H,1-2H3,(H,12,13). The van der Waals surface area contributed by atoms with Gasteiger partial charge in [-0.15, -0.1) is 0 Å². The number of aryl methyl sites for hydroxylation is 2. The molecule has 1 aromatic heterocycles. The quantitative estimate of drug-likeness (QED) is 0.575. The smallest absolute Gasteiger partial charge is 0.461 e. The minimum atomic E-state index is -1.31. The predicted octanol–water partition coefficient (Wildman–Crippen LogP) is 3.11. The third-order valence-electron chi connectivity index (χ3n) is 2.35. The molecule has 0 amide bonds. The third kappa shape index (κ3) is 1.66. The van der Waals surface area contributed by atoms with E-state index in [-0.39, 0.29) is 0 Å². The molecule has 0 radical (unpaired) electrons. The molecule has 1 heterocycles. The fourth-order valence-corrected chi connectivity index (χ4v) is 1.49. The van der Waals surface area contributed by atoms with E-state index in [1.165, 1.54) is 0 Å². The van der Waals surface area contributed by atoms with Crippen LogP contribution in [0, 0.1) is 13.8 Å². The van der Waals surface area contributed by atoms with Gasteiger partial charge in [-0.3, -0.25) is 0 Å². The molecule has 15 heavy (non-hydrogen) atoms. The SMILES string of the molecule is Cc1oc2ccc(OC(=O)O)cc2c1C. The Morgan fingerprint density at radius 3 is 2.80 bits per heavy atom. The number of hydrogen-bond acceptors (Lipinski definition) is 3. The zero-order valence-electron chi connectivity index (χ0n) is 8.40. The van der Waals surface area contributed by atoms with E-state index in [2.05, 4.69) is 4.74 Å². The van der Waals surface area contributed by atoms with Crippen molar-refractivity contribution in [3.05, 3.63) is 29.5 Å². The Labute approximate surface area is 86.1 Å². The van der Waals surface area contributed by atoms with Gasteiger partial charge in [0, 0.05) is 5.39 Å². The number of fused-ring (bicyclic) bond motifs is 1. The van der Waals surface area contributed by atoms with Crippen LogP contribution in [0.3, 0.4) is 0 Å². The molecule has 0 unspecified atom stereocenters. The topological polar surface area (TPSA) is 59.7 Å². The molecule has 1 N–H and O–H groups in total. The van der Waals surface area contributed by atoms with Crippen LogP contribution >= 0.6 is 0 Å². The highest BCUT2D eigenvalue weighted by molar-refractivity contribution is 5.84. The van der Waals surface area contributed by atoms with Crippen LogP contribution in [-0.2, 0) is 0 Å². The summed E-state index contributed by atoms with van der Waals surface area (Å²) in [6.07, 6.45) is -1.31. The fourth-order valence-electron chi connectivity index (χ4n) is 1.49. The molecule has 78 valence electrons. The van der Waals surface area contributed by atoms with Crippen molar-refractivity contribution in [3.8, 4) is 5.75 Å². The third-order valence-corrected chi connectivity index (χ3v) is 2.35. The summed E-state index contributed by atoms with van der Waals surface area (Å²) in [5.74, 6) is 1.14. The van der Waals surface area contributed by atoms with E-state index in [0.717, 1.165) is 22.3 Å². The van der Waals surface area contributed by atoms with Gasteiger partial charge in [-0.1, -0.05) is 0 Å². The summed E-state index contributed by atoms with van der Waals surface area (Å²) < 4.78 is 10.0. The van der Waals surface area contributed by atoms with Gasteiger partial charge < -0.3 is 14.3 Å². The highest BCUT2D eigenvalue weighted by Gasteiger charge is 2.09. The van der Waals surface area contributed by atoms with Gasteiger partial charge in [0.2, 0.25) is 0 Å². The average Bonchev–Trinajstić information content (AvgIpc) is 2.43. The van der Waals surface area contributed by atoms with Gasteiger partial charge in [-0.05, 0) is 37.6 Å². The minimum Gasteiger partial charge on any atom is -0.461 e. The van der Waals surface area contributed by atoms with Crippen LogP contribution in [0.2, 0.25) is 0 Å². The lowest BCUT2D eigenvalue weighted by molar-refractivity contribution is 0.144. The molecule has 0 bridgehead atoms. The second-order valence-electron chi connectivity index (χ2n) is 3.31. The Morgan fingerprint density at radius 2 is 2.13 bits per heavy atom. The van der Waals surface area contributed by atoms with E-state index in [9.17, 15) is 4.79 Å². The number of carbonyl (C=O) groups is 1.